The van der Waals surface area contributed by atoms with Crippen molar-refractivity contribution in [2.45, 2.75) is 0 Å². The van der Waals surface area contributed by atoms with Gasteiger partial charge >= 0.3 is 0 Å². The molecular formula is C13H19NO4. The number of hydrogen-bond acceptors (Lipinski definition) is 5. The quantitative estimate of drug-likeness (QED) is 0.556. The third-order valence-corrected chi connectivity index (χ3v) is 2.44. The van der Waals surface area contributed by atoms with E-state index in [0.717, 1.165) is 0 Å². The fourth-order valence-electron chi connectivity index (χ4n) is 1.45. The summed E-state index contributed by atoms with van der Waals surface area (Å²) in [4.78, 5) is 11.9. The average Bonchev–Trinajstić information content (AvgIpc) is 2.42. The number of benzene rings is 1. The number of hydrogen-bond donors (Lipinski definition) is 1. The maximum atomic E-state index is 11.9. The lowest BCUT2D eigenvalue weighted by Gasteiger charge is -2.08. The monoisotopic (exact) mass is 253 g/mol. The van der Waals surface area contributed by atoms with Gasteiger partial charge in [-0.3, -0.25) is 4.79 Å². The molecule has 0 aliphatic heterocycles. The summed E-state index contributed by atoms with van der Waals surface area (Å²) < 4.78 is 15.1. The largest absolute Gasteiger partial charge is 0.497 e. The third-order valence-electron chi connectivity index (χ3n) is 2.44. The first-order chi connectivity index (χ1) is 8.71. The predicted octanol–water partition coefficient (Wildman–Crippen LogP) is 1.12. The van der Waals surface area contributed by atoms with Gasteiger partial charge in [-0.15, -0.1) is 0 Å². The summed E-state index contributed by atoms with van der Waals surface area (Å²) in [5, 5.41) is 3.00. The molecule has 0 atom stereocenters. The molecule has 0 unspecified atom stereocenters. The van der Waals surface area contributed by atoms with Crippen molar-refractivity contribution >= 4 is 5.78 Å². The molecule has 0 aromatic heterocycles. The Morgan fingerprint density at radius 1 is 1.11 bits per heavy atom. The minimum atomic E-state index is -0.0108. The van der Waals surface area contributed by atoms with Crippen LogP contribution in [0.15, 0.2) is 18.2 Å². The lowest BCUT2D eigenvalue weighted by Crippen LogP contribution is -2.26. The number of rotatable bonds is 8. The zero-order valence-electron chi connectivity index (χ0n) is 11.0. The molecule has 0 saturated carbocycles. The fourth-order valence-corrected chi connectivity index (χ4v) is 1.45. The van der Waals surface area contributed by atoms with Crippen LogP contribution in [0.2, 0.25) is 0 Å². The molecule has 1 rings (SSSR count). The molecule has 0 spiro atoms. The van der Waals surface area contributed by atoms with Crippen LogP contribution in [0.25, 0.3) is 0 Å². The zero-order valence-corrected chi connectivity index (χ0v) is 11.0. The highest BCUT2D eigenvalue weighted by molar-refractivity contribution is 5.98. The van der Waals surface area contributed by atoms with Crippen LogP contribution in [0.4, 0.5) is 0 Å². The van der Waals surface area contributed by atoms with Crippen LogP contribution in [0.3, 0.4) is 0 Å². The van der Waals surface area contributed by atoms with Crippen LogP contribution < -0.4 is 14.8 Å². The zero-order chi connectivity index (χ0) is 13.4. The van der Waals surface area contributed by atoms with Gasteiger partial charge in [-0.25, -0.2) is 0 Å². The number of ketones is 1. The lowest BCUT2D eigenvalue weighted by molar-refractivity contribution is 0.0987. The first-order valence-electron chi connectivity index (χ1n) is 5.67. The van der Waals surface area contributed by atoms with Crippen molar-refractivity contribution in [1.82, 2.24) is 5.32 Å². The lowest BCUT2D eigenvalue weighted by atomic mass is 10.1. The number of nitrogens with one attached hydrogen (secondary N) is 1. The van der Waals surface area contributed by atoms with Crippen molar-refractivity contribution in [2.24, 2.45) is 0 Å². The first kappa shape index (κ1) is 14.5. The van der Waals surface area contributed by atoms with Gasteiger partial charge in [0.25, 0.3) is 0 Å². The Labute approximate surface area is 107 Å². The van der Waals surface area contributed by atoms with Crippen LogP contribution >= 0.6 is 0 Å². The van der Waals surface area contributed by atoms with E-state index in [1.54, 1.807) is 39.5 Å². The van der Waals surface area contributed by atoms with Crippen molar-refractivity contribution in [3.63, 3.8) is 0 Å². The van der Waals surface area contributed by atoms with E-state index in [-0.39, 0.29) is 12.3 Å². The number of Topliss-reactive ketones (excluding diaryl/α,β-unsaturated/α-hetero) is 1. The van der Waals surface area contributed by atoms with Crippen LogP contribution in [-0.4, -0.2) is 46.8 Å². The van der Waals surface area contributed by atoms with Crippen LogP contribution in [0.1, 0.15) is 10.4 Å². The molecule has 0 aliphatic carbocycles. The third kappa shape index (κ3) is 4.35. The van der Waals surface area contributed by atoms with Gasteiger partial charge in [0.1, 0.15) is 11.5 Å². The van der Waals surface area contributed by atoms with E-state index >= 15 is 0 Å². The van der Waals surface area contributed by atoms with Crippen LogP contribution in [-0.2, 0) is 4.74 Å². The maximum Gasteiger partial charge on any atom is 0.176 e. The standard InChI is InChI=1S/C13H19NO4/c1-16-5-4-14-9-13(15)10-6-11(17-2)8-12(7-10)18-3/h6-8,14H,4-5,9H2,1-3H3. The van der Waals surface area contributed by atoms with Crippen LogP contribution in [0, 0.1) is 0 Å². The van der Waals surface area contributed by atoms with E-state index in [0.29, 0.717) is 30.2 Å². The molecular weight excluding hydrogens is 234 g/mol. The minimum absolute atomic E-state index is 0.0108. The number of ether oxygens (including phenoxy) is 3. The molecule has 1 aromatic rings. The van der Waals surface area contributed by atoms with Crippen molar-refractivity contribution in [2.75, 3.05) is 41.0 Å². The van der Waals surface area contributed by atoms with Crippen molar-refractivity contribution in [3.8, 4) is 11.5 Å². The Kier molecular flexibility index (Phi) is 6.18. The first-order valence-corrected chi connectivity index (χ1v) is 5.67. The Bertz CT molecular complexity index is 370. The van der Waals surface area contributed by atoms with Gasteiger partial charge in [0.2, 0.25) is 0 Å². The SMILES string of the molecule is COCCNCC(=O)c1cc(OC)cc(OC)c1. The summed E-state index contributed by atoms with van der Waals surface area (Å²) in [6, 6.07) is 5.13. The number of carbonyl (C=O) groups is 1. The van der Waals surface area contributed by atoms with E-state index < -0.39 is 0 Å². The molecule has 1 aromatic carbocycles. The second-order valence-electron chi connectivity index (χ2n) is 3.69. The van der Waals surface area contributed by atoms with Gasteiger partial charge in [-0.1, -0.05) is 0 Å². The summed E-state index contributed by atoms with van der Waals surface area (Å²) in [5.41, 5.74) is 0.566. The van der Waals surface area contributed by atoms with Gasteiger partial charge < -0.3 is 19.5 Å². The Morgan fingerprint density at radius 3 is 2.22 bits per heavy atom. The molecule has 0 aliphatic rings. The van der Waals surface area contributed by atoms with Gasteiger partial charge in [0.15, 0.2) is 5.78 Å². The van der Waals surface area contributed by atoms with E-state index in [1.165, 1.54) is 0 Å². The number of carbonyl (C=O) groups excluding carboxylic acids is 1. The van der Waals surface area contributed by atoms with Crippen molar-refractivity contribution < 1.29 is 19.0 Å². The highest BCUT2D eigenvalue weighted by Gasteiger charge is 2.09. The average molecular weight is 253 g/mol. The molecule has 100 valence electrons. The summed E-state index contributed by atoms with van der Waals surface area (Å²) in [6.07, 6.45) is 0. The minimum Gasteiger partial charge on any atom is -0.497 e. The molecule has 0 fully saturated rings. The summed E-state index contributed by atoms with van der Waals surface area (Å²) in [6.45, 7) is 1.48. The Morgan fingerprint density at radius 2 is 1.72 bits per heavy atom. The van der Waals surface area contributed by atoms with Crippen molar-refractivity contribution in [1.29, 1.82) is 0 Å². The fraction of sp³-hybridized carbons (Fsp3) is 0.462. The summed E-state index contributed by atoms with van der Waals surface area (Å²) >= 11 is 0. The molecule has 5 heteroatoms. The highest BCUT2D eigenvalue weighted by atomic mass is 16.5. The summed E-state index contributed by atoms with van der Waals surface area (Å²) in [7, 11) is 4.73. The van der Waals surface area contributed by atoms with E-state index in [4.69, 9.17) is 14.2 Å². The maximum absolute atomic E-state index is 11.9. The second-order valence-corrected chi connectivity index (χ2v) is 3.69. The van der Waals surface area contributed by atoms with Crippen LogP contribution in [0.5, 0.6) is 11.5 Å². The van der Waals surface area contributed by atoms with Gasteiger partial charge in [0, 0.05) is 25.3 Å². The van der Waals surface area contributed by atoms with Gasteiger partial charge in [-0.2, -0.15) is 0 Å². The second kappa shape index (κ2) is 7.68. The van der Waals surface area contributed by atoms with E-state index in [2.05, 4.69) is 5.32 Å². The van der Waals surface area contributed by atoms with Crippen molar-refractivity contribution in [3.05, 3.63) is 23.8 Å². The highest BCUT2D eigenvalue weighted by Crippen LogP contribution is 2.22. The Balaban J connectivity index is 2.66. The summed E-state index contributed by atoms with van der Waals surface area (Å²) in [5.74, 6) is 1.20. The molecule has 0 heterocycles. The smallest absolute Gasteiger partial charge is 0.176 e. The molecule has 0 radical (unpaired) electrons. The molecule has 0 bridgehead atoms. The molecule has 0 saturated heterocycles. The van der Waals surface area contributed by atoms with E-state index in [9.17, 15) is 4.79 Å². The Hall–Kier alpha value is -1.59. The predicted molar refractivity (Wildman–Crippen MR) is 68.6 cm³/mol. The number of methoxy groups -OCH3 is 3. The molecule has 0 amide bonds. The molecule has 1 N–H and O–H groups in total. The normalized spacial score (nSPS) is 10.2. The topological polar surface area (TPSA) is 56.8 Å². The van der Waals surface area contributed by atoms with Gasteiger partial charge in [-0.05, 0) is 12.1 Å². The molecule has 18 heavy (non-hydrogen) atoms. The van der Waals surface area contributed by atoms with Gasteiger partial charge in [0.05, 0.1) is 27.4 Å². The van der Waals surface area contributed by atoms with E-state index in [1.807, 2.05) is 0 Å². The molecule has 5 nitrogen and oxygen atoms in total.